The summed E-state index contributed by atoms with van der Waals surface area (Å²) >= 11 is 0. The molecule has 6 nitrogen and oxygen atoms in total. The number of hydrogen-bond acceptors (Lipinski definition) is 5. The molecule has 1 heterocycles. The van der Waals surface area contributed by atoms with E-state index >= 15 is 0 Å². The summed E-state index contributed by atoms with van der Waals surface area (Å²) in [6, 6.07) is 1.18. The zero-order valence-electron chi connectivity index (χ0n) is 16.3. The van der Waals surface area contributed by atoms with Crippen LogP contribution in [0.25, 0.3) is 0 Å². The fraction of sp³-hybridized carbons (Fsp3) is 0.400. The van der Waals surface area contributed by atoms with Crippen molar-refractivity contribution in [2.24, 2.45) is 0 Å². The third kappa shape index (κ3) is 5.38. The summed E-state index contributed by atoms with van der Waals surface area (Å²) in [6.45, 7) is 4.08. The number of hydrazine groups is 1. The lowest BCUT2D eigenvalue weighted by molar-refractivity contribution is -0.128. The quantitative estimate of drug-likeness (QED) is 0.627. The van der Waals surface area contributed by atoms with Crippen molar-refractivity contribution in [1.29, 1.82) is 0 Å². The third-order valence-corrected chi connectivity index (χ3v) is 4.57. The maximum atomic E-state index is 14.0. The van der Waals surface area contributed by atoms with E-state index in [1.165, 1.54) is 11.1 Å². The number of rotatable bonds is 6. The van der Waals surface area contributed by atoms with Gasteiger partial charge in [0, 0.05) is 30.8 Å². The van der Waals surface area contributed by atoms with E-state index in [-0.39, 0.29) is 29.8 Å². The van der Waals surface area contributed by atoms with Gasteiger partial charge in [0.25, 0.3) is 5.91 Å². The number of halogens is 3. The van der Waals surface area contributed by atoms with Gasteiger partial charge in [0.15, 0.2) is 17.4 Å². The number of amides is 1. The Morgan fingerprint density at radius 2 is 1.90 bits per heavy atom. The molecule has 3 N–H and O–H groups in total. The summed E-state index contributed by atoms with van der Waals surface area (Å²) in [4.78, 5) is 27.0. The second kappa shape index (κ2) is 10.1. The molecule has 0 saturated carbocycles. The Morgan fingerprint density at radius 3 is 2.55 bits per heavy atom. The van der Waals surface area contributed by atoms with Crippen molar-refractivity contribution in [2.45, 2.75) is 39.5 Å². The molecule has 1 aromatic carbocycles. The number of aliphatic hydroxyl groups is 1. The third-order valence-electron chi connectivity index (χ3n) is 4.57. The van der Waals surface area contributed by atoms with Crippen molar-refractivity contribution in [3.63, 3.8) is 0 Å². The zero-order valence-corrected chi connectivity index (χ0v) is 16.3. The minimum atomic E-state index is -1.38. The molecule has 1 aromatic rings. The molecule has 2 rings (SSSR count). The van der Waals surface area contributed by atoms with E-state index in [4.69, 9.17) is 0 Å². The number of carbonyl (C=O) groups excluding carboxylic acids is 2. The van der Waals surface area contributed by atoms with Gasteiger partial charge in [-0.1, -0.05) is 13.3 Å². The monoisotopic (exact) mass is 411 g/mol. The molecule has 0 atom stereocenters. The van der Waals surface area contributed by atoms with Crippen molar-refractivity contribution in [3.8, 4) is 0 Å². The van der Waals surface area contributed by atoms with Crippen LogP contribution in [-0.4, -0.2) is 34.9 Å². The van der Waals surface area contributed by atoms with Gasteiger partial charge >= 0.3 is 0 Å². The second-order valence-electron chi connectivity index (χ2n) is 6.61. The van der Waals surface area contributed by atoms with Gasteiger partial charge in [0.2, 0.25) is 5.78 Å². The molecule has 0 radical (unpaired) electrons. The fourth-order valence-electron chi connectivity index (χ4n) is 2.91. The van der Waals surface area contributed by atoms with Crippen molar-refractivity contribution in [3.05, 3.63) is 58.3 Å². The topological polar surface area (TPSA) is 81.7 Å². The lowest BCUT2D eigenvalue weighted by Gasteiger charge is -2.24. The maximum Gasteiger partial charge on any atom is 0.254 e. The molecular formula is C20H24F3N3O3. The van der Waals surface area contributed by atoms with Crippen LogP contribution in [0.1, 0.15) is 38.7 Å². The van der Waals surface area contributed by atoms with Crippen LogP contribution >= 0.6 is 0 Å². The van der Waals surface area contributed by atoms with Crippen molar-refractivity contribution in [1.82, 2.24) is 15.8 Å². The van der Waals surface area contributed by atoms with Gasteiger partial charge in [-0.2, -0.15) is 0 Å². The minimum Gasteiger partial charge on any atom is -0.504 e. The highest BCUT2D eigenvalue weighted by Crippen LogP contribution is 2.22. The summed E-state index contributed by atoms with van der Waals surface area (Å²) in [7, 11) is 0. The molecule has 1 aliphatic rings. The van der Waals surface area contributed by atoms with Gasteiger partial charge in [0.05, 0.1) is 12.2 Å². The highest BCUT2D eigenvalue weighted by molar-refractivity contribution is 6.11. The number of hydrogen-bond donors (Lipinski definition) is 3. The number of ketones is 1. The van der Waals surface area contributed by atoms with E-state index in [2.05, 4.69) is 10.9 Å². The van der Waals surface area contributed by atoms with Gasteiger partial charge < -0.3 is 15.4 Å². The summed E-state index contributed by atoms with van der Waals surface area (Å²) in [5.41, 5.74) is 4.74. The Labute approximate surface area is 167 Å². The summed E-state index contributed by atoms with van der Waals surface area (Å²) in [6.07, 6.45) is 2.20. The highest BCUT2D eigenvalue weighted by atomic mass is 19.2. The summed E-state index contributed by atoms with van der Waals surface area (Å²) < 4.78 is 41.0. The number of likely N-dealkylation sites (N-methyl/N-ethyl adjacent to an activating group) is 1. The van der Waals surface area contributed by atoms with Crippen LogP contribution < -0.4 is 10.9 Å². The lowest BCUT2D eigenvalue weighted by Crippen LogP contribution is -2.44. The predicted octanol–water partition coefficient (Wildman–Crippen LogP) is 3.02. The number of allylic oxidation sites excluding steroid dienone is 1. The highest BCUT2D eigenvalue weighted by Gasteiger charge is 2.27. The van der Waals surface area contributed by atoms with Crippen molar-refractivity contribution in [2.75, 3.05) is 13.2 Å². The molecule has 9 heteroatoms. The van der Waals surface area contributed by atoms with Crippen molar-refractivity contribution < 1.29 is 27.9 Å². The zero-order chi connectivity index (χ0) is 21.6. The molecule has 0 saturated heterocycles. The molecule has 158 valence electrons. The van der Waals surface area contributed by atoms with Gasteiger partial charge in [-0.3, -0.25) is 9.59 Å². The Bertz CT molecular complexity index is 853. The lowest BCUT2D eigenvalue weighted by atomic mass is 9.96. The first-order valence-corrected chi connectivity index (χ1v) is 9.37. The number of nitrogens with one attached hydrogen (secondary N) is 2. The molecule has 0 unspecified atom stereocenters. The number of nitrogens with zero attached hydrogens (tertiary/aromatic N) is 1. The number of carbonyl (C=O) groups is 2. The van der Waals surface area contributed by atoms with E-state index < -0.39 is 41.3 Å². The summed E-state index contributed by atoms with van der Waals surface area (Å²) in [5, 5.41) is 10.5. The molecule has 0 aromatic heterocycles. The number of unbranched alkanes of at least 4 members (excludes halogenated alkanes) is 1. The first-order chi connectivity index (χ1) is 13.8. The van der Waals surface area contributed by atoms with Gasteiger partial charge in [-0.05, 0) is 31.4 Å². The number of aliphatic hydroxyl groups excluding tert-OH is 1. The molecular weight excluding hydrogens is 387 g/mol. The minimum absolute atomic E-state index is 0.0424. The average Bonchev–Trinajstić information content (AvgIpc) is 2.69. The van der Waals surface area contributed by atoms with E-state index in [9.17, 15) is 27.9 Å². The fourth-order valence-corrected chi connectivity index (χ4v) is 2.91. The average molecular weight is 411 g/mol. The standard InChI is InChI=1S/C20H24F3N3O3/c1-3-5-6-15-19(28)18(27)13(10-24-25-11-26(4-2)20(15)29)7-12-8-14(21)9-16(22)17(12)23/h8-10,24-25,28H,3-7,11H2,1-2H3/b13-10-,19-15-. The number of Topliss-reactive ketones (excluding diaryl/α,β-unsaturated/α-hetero) is 1. The summed E-state index contributed by atoms with van der Waals surface area (Å²) in [5.74, 6) is -5.81. The smallest absolute Gasteiger partial charge is 0.254 e. The van der Waals surface area contributed by atoms with E-state index in [0.717, 1.165) is 12.5 Å². The Kier molecular flexibility index (Phi) is 7.83. The van der Waals surface area contributed by atoms with Crippen LogP contribution in [0, 0.1) is 17.5 Å². The largest absolute Gasteiger partial charge is 0.504 e. The Morgan fingerprint density at radius 1 is 1.17 bits per heavy atom. The molecule has 0 bridgehead atoms. The maximum absolute atomic E-state index is 14.0. The molecule has 1 aliphatic heterocycles. The Balaban J connectivity index is 2.47. The van der Waals surface area contributed by atoms with Crippen LogP contribution in [0.5, 0.6) is 0 Å². The van der Waals surface area contributed by atoms with E-state index in [1.54, 1.807) is 6.92 Å². The van der Waals surface area contributed by atoms with Crippen LogP contribution in [0.15, 0.2) is 35.2 Å². The van der Waals surface area contributed by atoms with Crippen LogP contribution in [0.2, 0.25) is 0 Å². The molecule has 0 aliphatic carbocycles. The Hall–Kier alpha value is -2.81. The molecule has 0 spiro atoms. The second-order valence-corrected chi connectivity index (χ2v) is 6.61. The van der Waals surface area contributed by atoms with Crippen LogP contribution in [-0.2, 0) is 16.0 Å². The molecule has 0 fully saturated rings. The van der Waals surface area contributed by atoms with Gasteiger partial charge in [-0.25, -0.2) is 18.6 Å². The van der Waals surface area contributed by atoms with E-state index in [1.807, 2.05) is 6.92 Å². The van der Waals surface area contributed by atoms with E-state index in [0.29, 0.717) is 19.0 Å². The first-order valence-electron chi connectivity index (χ1n) is 9.37. The normalized spacial score (nSPS) is 20.3. The predicted molar refractivity (Wildman–Crippen MR) is 101 cm³/mol. The SMILES string of the molecule is CCCC/C1=C(/O)C(=O)/C(Cc2cc(F)cc(F)c2F)=C\NNCN(CC)C1=O. The molecule has 1 amide bonds. The number of benzene rings is 1. The molecule has 29 heavy (non-hydrogen) atoms. The van der Waals surface area contributed by atoms with Crippen molar-refractivity contribution >= 4 is 11.7 Å². The first kappa shape index (κ1) is 22.5. The van der Waals surface area contributed by atoms with Crippen LogP contribution in [0.4, 0.5) is 13.2 Å². The van der Waals surface area contributed by atoms with Crippen LogP contribution in [0.3, 0.4) is 0 Å². The van der Waals surface area contributed by atoms with Gasteiger partial charge in [-0.15, -0.1) is 0 Å². The van der Waals surface area contributed by atoms with Gasteiger partial charge in [0.1, 0.15) is 5.82 Å².